The summed E-state index contributed by atoms with van der Waals surface area (Å²) < 4.78 is 11.7. The molecule has 4 aromatic carbocycles. The smallest absolute Gasteiger partial charge is 0.119 e. The van der Waals surface area contributed by atoms with Gasteiger partial charge in [-0.15, -0.1) is 0 Å². The average molecular weight is 481 g/mol. The molecule has 0 bridgehead atoms. The summed E-state index contributed by atoms with van der Waals surface area (Å²) in [4.78, 5) is 0. The van der Waals surface area contributed by atoms with Crippen molar-refractivity contribution in [3.63, 3.8) is 0 Å². The molecule has 0 radical (unpaired) electrons. The van der Waals surface area contributed by atoms with E-state index in [4.69, 9.17) is 9.47 Å². The molecule has 0 unspecified atom stereocenters. The van der Waals surface area contributed by atoms with E-state index in [1.807, 2.05) is 109 Å². The van der Waals surface area contributed by atoms with Crippen LogP contribution in [0.4, 0.5) is 0 Å². The summed E-state index contributed by atoms with van der Waals surface area (Å²) in [6.07, 6.45) is 1.70. The van der Waals surface area contributed by atoms with E-state index in [0.717, 1.165) is 46.6 Å². The Morgan fingerprint density at radius 1 is 0.472 bits per heavy atom. The average Bonchev–Trinajstić information content (AvgIpc) is 2.94. The van der Waals surface area contributed by atoms with Gasteiger partial charge in [-0.2, -0.15) is 0 Å². The minimum Gasteiger partial charge on any atom is -0.494 e. The molecular weight excluding hydrogens is 452 g/mol. The molecule has 4 rings (SSSR count). The van der Waals surface area contributed by atoms with Gasteiger partial charge in [-0.25, -0.2) is 0 Å². The minimum absolute atomic E-state index is 0.521. The summed E-state index contributed by atoms with van der Waals surface area (Å²) in [5, 5.41) is 25.8. The van der Waals surface area contributed by atoms with Crippen LogP contribution in [0.2, 0.25) is 0 Å². The molecule has 2 N–H and O–H groups in total. The van der Waals surface area contributed by atoms with Gasteiger partial charge in [-0.3, -0.25) is 0 Å². The van der Waals surface area contributed by atoms with Crippen molar-refractivity contribution >= 4 is 11.4 Å². The minimum atomic E-state index is 0.521. The Hall–Kier alpha value is -4.58. The molecule has 0 aromatic heterocycles. The van der Waals surface area contributed by atoms with Gasteiger partial charge in [-0.1, -0.05) is 71.0 Å². The van der Waals surface area contributed by atoms with Crippen LogP contribution in [0.1, 0.15) is 35.1 Å². The van der Waals surface area contributed by atoms with Gasteiger partial charge in [0.05, 0.1) is 13.2 Å². The molecule has 6 nitrogen and oxygen atoms in total. The van der Waals surface area contributed by atoms with Gasteiger partial charge in [-0.05, 0) is 61.4 Å². The van der Waals surface area contributed by atoms with Gasteiger partial charge in [0.15, 0.2) is 0 Å². The molecule has 0 saturated heterocycles. The number of oxime groups is 2. The fourth-order valence-corrected chi connectivity index (χ4v) is 3.76. The summed E-state index contributed by atoms with van der Waals surface area (Å²) >= 11 is 0. The van der Waals surface area contributed by atoms with Crippen LogP contribution in [0.3, 0.4) is 0 Å². The number of rotatable bonds is 11. The third-order valence-electron chi connectivity index (χ3n) is 5.63. The van der Waals surface area contributed by atoms with Gasteiger partial charge in [0.1, 0.15) is 22.9 Å². The second-order valence-corrected chi connectivity index (χ2v) is 8.08. The van der Waals surface area contributed by atoms with E-state index in [2.05, 4.69) is 10.3 Å². The highest BCUT2D eigenvalue weighted by molar-refractivity contribution is 6.13. The van der Waals surface area contributed by atoms with Crippen molar-refractivity contribution in [3.05, 3.63) is 131 Å². The molecule has 0 aliphatic rings. The summed E-state index contributed by atoms with van der Waals surface area (Å²) in [5.41, 5.74) is 4.37. The zero-order valence-electron chi connectivity index (χ0n) is 19.8. The lowest BCUT2D eigenvalue weighted by Crippen LogP contribution is -2.05. The molecule has 0 spiro atoms. The topological polar surface area (TPSA) is 83.6 Å². The Balaban J connectivity index is 1.19. The zero-order valence-corrected chi connectivity index (χ0v) is 19.8. The summed E-state index contributed by atoms with van der Waals surface area (Å²) in [6.45, 7) is 1.16. The third kappa shape index (κ3) is 6.51. The van der Waals surface area contributed by atoms with Crippen molar-refractivity contribution < 1.29 is 19.9 Å². The molecule has 6 heteroatoms. The first-order chi connectivity index (χ1) is 17.8. The van der Waals surface area contributed by atoms with Crippen LogP contribution in [0.5, 0.6) is 11.5 Å². The zero-order chi connectivity index (χ0) is 25.0. The molecule has 0 heterocycles. The van der Waals surface area contributed by atoms with Crippen LogP contribution in [0, 0.1) is 0 Å². The summed E-state index contributed by atoms with van der Waals surface area (Å²) in [5.74, 6) is 1.53. The predicted molar refractivity (Wildman–Crippen MR) is 141 cm³/mol. The Labute approximate surface area is 210 Å². The molecule has 0 aliphatic heterocycles. The van der Waals surface area contributed by atoms with E-state index in [1.54, 1.807) is 0 Å². The van der Waals surface area contributed by atoms with Crippen LogP contribution >= 0.6 is 0 Å². The van der Waals surface area contributed by atoms with Crippen LogP contribution in [-0.4, -0.2) is 35.1 Å². The van der Waals surface area contributed by atoms with Gasteiger partial charge < -0.3 is 19.9 Å². The van der Waals surface area contributed by atoms with Crippen LogP contribution < -0.4 is 9.47 Å². The third-order valence-corrected chi connectivity index (χ3v) is 5.63. The maximum atomic E-state index is 9.43. The van der Waals surface area contributed by atoms with Crippen molar-refractivity contribution in [3.8, 4) is 11.5 Å². The first-order valence-electron chi connectivity index (χ1n) is 11.8. The Morgan fingerprint density at radius 2 is 0.806 bits per heavy atom. The standard InChI is InChI=1S/C30H28N2O4/c33-31-29(23-9-3-1-4-10-23)25-13-17-27(18-14-25)35-21-7-8-22-36-28-19-15-26(16-20-28)30(32-34)24-11-5-2-6-12-24/h1-6,9-20,33-34H,7-8,21-22H2. The van der Waals surface area contributed by atoms with Crippen molar-refractivity contribution in [2.75, 3.05) is 13.2 Å². The summed E-state index contributed by atoms with van der Waals surface area (Å²) in [6, 6.07) is 34.1. The highest BCUT2D eigenvalue weighted by atomic mass is 16.5. The number of hydrogen-bond acceptors (Lipinski definition) is 6. The van der Waals surface area contributed by atoms with Crippen molar-refractivity contribution in [1.82, 2.24) is 0 Å². The molecule has 182 valence electrons. The Bertz CT molecular complexity index is 1170. The first-order valence-corrected chi connectivity index (χ1v) is 11.8. The van der Waals surface area contributed by atoms with E-state index in [9.17, 15) is 10.4 Å². The molecule has 0 atom stereocenters. The van der Waals surface area contributed by atoms with Crippen molar-refractivity contribution in [1.29, 1.82) is 0 Å². The number of benzene rings is 4. The van der Waals surface area contributed by atoms with E-state index >= 15 is 0 Å². The highest BCUT2D eigenvalue weighted by Crippen LogP contribution is 2.18. The quantitative estimate of drug-likeness (QED) is 0.113. The van der Waals surface area contributed by atoms with Gasteiger partial charge >= 0.3 is 0 Å². The molecule has 0 amide bonds. The monoisotopic (exact) mass is 480 g/mol. The van der Waals surface area contributed by atoms with Gasteiger partial charge in [0, 0.05) is 22.3 Å². The van der Waals surface area contributed by atoms with Crippen molar-refractivity contribution in [2.24, 2.45) is 10.3 Å². The van der Waals surface area contributed by atoms with Gasteiger partial charge in [0.2, 0.25) is 0 Å². The number of ether oxygens (including phenoxy) is 2. The molecule has 0 fully saturated rings. The number of nitrogens with zero attached hydrogens (tertiary/aromatic N) is 2. The van der Waals surface area contributed by atoms with Crippen LogP contribution in [0.25, 0.3) is 0 Å². The maximum absolute atomic E-state index is 9.43. The van der Waals surface area contributed by atoms with Crippen molar-refractivity contribution in [2.45, 2.75) is 12.8 Å². The molecule has 4 aromatic rings. The fraction of sp³-hybridized carbons (Fsp3) is 0.133. The SMILES string of the molecule is ON=C(c1ccccc1)c1ccc(OCCCCOc2ccc(C(=NO)c3ccccc3)cc2)cc1. The Kier molecular flexibility index (Phi) is 8.70. The van der Waals surface area contributed by atoms with E-state index in [1.165, 1.54) is 0 Å². The Morgan fingerprint density at radius 3 is 1.14 bits per heavy atom. The molecular formula is C30H28N2O4. The lowest BCUT2D eigenvalue weighted by molar-refractivity contribution is 0.266. The van der Waals surface area contributed by atoms with E-state index < -0.39 is 0 Å². The lowest BCUT2D eigenvalue weighted by atomic mass is 10.0. The number of unbranched alkanes of at least 4 members (excludes halogenated alkanes) is 1. The van der Waals surface area contributed by atoms with Gasteiger partial charge in [0.25, 0.3) is 0 Å². The first kappa shape index (κ1) is 24.5. The normalized spacial score (nSPS) is 11.8. The lowest BCUT2D eigenvalue weighted by Gasteiger charge is -2.10. The number of hydrogen-bond donors (Lipinski definition) is 2. The van der Waals surface area contributed by atoms with Crippen LogP contribution in [-0.2, 0) is 0 Å². The largest absolute Gasteiger partial charge is 0.494 e. The summed E-state index contributed by atoms with van der Waals surface area (Å²) in [7, 11) is 0. The van der Waals surface area contributed by atoms with Crippen LogP contribution in [0.15, 0.2) is 120 Å². The van der Waals surface area contributed by atoms with E-state index in [-0.39, 0.29) is 0 Å². The molecule has 36 heavy (non-hydrogen) atoms. The predicted octanol–water partition coefficient (Wildman–Crippen LogP) is 6.38. The fourth-order valence-electron chi connectivity index (χ4n) is 3.76. The molecule has 0 saturated carbocycles. The second kappa shape index (κ2) is 12.8. The van der Waals surface area contributed by atoms with E-state index in [0.29, 0.717) is 24.6 Å². The maximum Gasteiger partial charge on any atom is 0.119 e. The molecule has 0 aliphatic carbocycles. The highest BCUT2D eigenvalue weighted by Gasteiger charge is 2.09. The second-order valence-electron chi connectivity index (χ2n) is 8.08.